The normalized spacial score (nSPS) is 31.9. The number of rotatable bonds is 3. The lowest BCUT2D eigenvalue weighted by atomic mass is 10.0. The van der Waals surface area contributed by atoms with E-state index >= 15 is 0 Å². The fourth-order valence-electron chi connectivity index (χ4n) is 4.15. The number of benzene rings is 1. The van der Waals surface area contributed by atoms with Crippen LogP contribution < -0.4 is 0 Å². The number of hydrogen-bond donors (Lipinski definition) is 1. The summed E-state index contributed by atoms with van der Waals surface area (Å²) >= 11 is 6.17. The fraction of sp³-hybridized carbons (Fsp3) is 0.647. The number of aliphatic hydroxyl groups is 1. The van der Waals surface area contributed by atoms with Gasteiger partial charge < -0.3 is 5.11 Å². The van der Waals surface area contributed by atoms with Crippen molar-refractivity contribution in [3.8, 4) is 0 Å². The second kappa shape index (κ2) is 5.86. The molecule has 4 atom stereocenters. The van der Waals surface area contributed by atoms with Gasteiger partial charge in [0, 0.05) is 23.2 Å². The molecule has 0 amide bonds. The van der Waals surface area contributed by atoms with E-state index in [4.69, 9.17) is 11.6 Å². The molecule has 3 rings (SSSR count). The zero-order valence-electron chi connectivity index (χ0n) is 12.6. The van der Waals surface area contributed by atoms with Gasteiger partial charge in [-0.3, -0.25) is 4.90 Å². The molecule has 21 heavy (non-hydrogen) atoms. The Morgan fingerprint density at radius 2 is 1.86 bits per heavy atom. The molecule has 116 valence electrons. The largest absolute Gasteiger partial charge is 0.393 e. The first-order valence-corrected chi connectivity index (χ1v) is 8.15. The molecule has 0 aliphatic heterocycles. The highest BCUT2D eigenvalue weighted by Crippen LogP contribution is 2.45. The first-order valence-electron chi connectivity index (χ1n) is 7.77. The lowest BCUT2D eigenvalue weighted by Gasteiger charge is -2.26. The SMILES string of the molecule is Cc1ccc(Cl)c(CN(C)C2C[C@H]3CC(O)C[C@H]3C2)c1F. The third-order valence-corrected chi connectivity index (χ3v) is 5.73. The number of halogens is 2. The maximum Gasteiger partial charge on any atom is 0.132 e. The van der Waals surface area contributed by atoms with Crippen LogP contribution >= 0.6 is 11.6 Å². The Hall–Kier alpha value is -0.640. The number of hydrogen-bond acceptors (Lipinski definition) is 2. The first-order chi connectivity index (χ1) is 9.95. The van der Waals surface area contributed by atoms with Crippen LogP contribution in [0.1, 0.15) is 36.8 Å². The summed E-state index contributed by atoms with van der Waals surface area (Å²) in [6, 6.07) is 3.98. The summed E-state index contributed by atoms with van der Waals surface area (Å²) in [5.41, 5.74) is 1.26. The van der Waals surface area contributed by atoms with Crippen molar-refractivity contribution < 1.29 is 9.50 Å². The standard InChI is InChI=1S/C17H23ClFNO/c1-10-3-4-16(18)15(17(10)19)9-20(2)13-5-11-7-14(21)8-12(11)6-13/h3-4,11-14,21H,5-9H2,1-2H3/t11-,12+,13?,14?. The quantitative estimate of drug-likeness (QED) is 0.918. The van der Waals surface area contributed by atoms with Crippen LogP contribution in [0.2, 0.25) is 5.02 Å². The lowest BCUT2D eigenvalue weighted by molar-refractivity contribution is 0.158. The van der Waals surface area contributed by atoms with Gasteiger partial charge in [0.25, 0.3) is 0 Å². The van der Waals surface area contributed by atoms with Gasteiger partial charge in [-0.25, -0.2) is 4.39 Å². The van der Waals surface area contributed by atoms with Crippen LogP contribution in [0.25, 0.3) is 0 Å². The van der Waals surface area contributed by atoms with E-state index in [9.17, 15) is 9.50 Å². The van der Waals surface area contributed by atoms with Crippen molar-refractivity contribution >= 4 is 11.6 Å². The third-order valence-electron chi connectivity index (χ3n) is 5.38. The van der Waals surface area contributed by atoms with Gasteiger partial charge in [-0.05, 0) is 63.1 Å². The molecule has 0 spiro atoms. The van der Waals surface area contributed by atoms with E-state index in [-0.39, 0.29) is 11.9 Å². The number of fused-ring (bicyclic) bond motifs is 1. The molecule has 0 heterocycles. The first kappa shape index (κ1) is 15.3. The van der Waals surface area contributed by atoms with Crippen molar-refractivity contribution in [2.45, 2.75) is 51.3 Å². The van der Waals surface area contributed by atoms with Gasteiger partial charge in [-0.2, -0.15) is 0 Å². The Morgan fingerprint density at radius 3 is 2.48 bits per heavy atom. The Morgan fingerprint density at radius 1 is 1.24 bits per heavy atom. The Bertz CT molecular complexity index is 522. The topological polar surface area (TPSA) is 23.5 Å². The van der Waals surface area contributed by atoms with E-state index in [1.54, 1.807) is 19.1 Å². The Balaban J connectivity index is 1.68. The van der Waals surface area contributed by atoms with Crippen LogP contribution in [-0.4, -0.2) is 29.2 Å². The maximum atomic E-state index is 14.2. The monoisotopic (exact) mass is 311 g/mol. The number of nitrogens with zero attached hydrogens (tertiary/aromatic N) is 1. The number of aryl methyl sites for hydroxylation is 1. The zero-order chi connectivity index (χ0) is 15.1. The van der Waals surface area contributed by atoms with E-state index in [0.29, 0.717) is 40.6 Å². The van der Waals surface area contributed by atoms with Crippen LogP contribution in [0.3, 0.4) is 0 Å². The van der Waals surface area contributed by atoms with Gasteiger partial charge in [-0.15, -0.1) is 0 Å². The van der Waals surface area contributed by atoms with Crippen molar-refractivity contribution in [1.82, 2.24) is 4.90 Å². The maximum absolute atomic E-state index is 14.2. The molecule has 2 unspecified atom stereocenters. The molecule has 2 aliphatic rings. The van der Waals surface area contributed by atoms with Gasteiger partial charge in [0.05, 0.1) is 6.10 Å². The second-order valence-corrected chi connectivity index (χ2v) is 7.25. The molecule has 4 heteroatoms. The molecule has 1 N–H and O–H groups in total. The molecule has 0 radical (unpaired) electrons. The summed E-state index contributed by atoms with van der Waals surface area (Å²) in [7, 11) is 2.06. The lowest BCUT2D eigenvalue weighted by Crippen LogP contribution is -2.30. The van der Waals surface area contributed by atoms with Crippen LogP contribution in [-0.2, 0) is 6.54 Å². The molecular formula is C17H23ClFNO. The van der Waals surface area contributed by atoms with E-state index in [1.165, 1.54) is 0 Å². The van der Waals surface area contributed by atoms with E-state index in [1.807, 2.05) is 0 Å². The predicted molar refractivity (Wildman–Crippen MR) is 82.9 cm³/mol. The predicted octanol–water partition coefficient (Wildman–Crippen LogP) is 3.77. The van der Waals surface area contributed by atoms with Gasteiger partial charge >= 0.3 is 0 Å². The third kappa shape index (κ3) is 2.96. The van der Waals surface area contributed by atoms with Crippen LogP contribution in [0.4, 0.5) is 4.39 Å². The zero-order valence-corrected chi connectivity index (χ0v) is 13.4. The summed E-state index contributed by atoms with van der Waals surface area (Å²) in [6.07, 6.45) is 4.00. The average molecular weight is 312 g/mol. The van der Waals surface area contributed by atoms with Crippen molar-refractivity contribution in [2.75, 3.05) is 7.05 Å². The Kier molecular flexibility index (Phi) is 4.26. The van der Waals surface area contributed by atoms with Crippen molar-refractivity contribution in [2.24, 2.45) is 11.8 Å². The molecule has 2 nitrogen and oxygen atoms in total. The molecule has 0 bridgehead atoms. The van der Waals surface area contributed by atoms with Gasteiger partial charge in [-0.1, -0.05) is 17.7 Å². The van der Waals surface area contributed by atoms with Crippen LogP contribution in [0.15, 0.2) is 12.1 Å². The second-order valence-electron chi connectivity index (χ2n) is 6.84. The molecule has 2 fully saturated rings. The average Bonchev–Trinajstić information content (AvgIpc) is 2.96. The minimum atomic E-state index is -0.178. The highest BCUT2D eigenvalue weighted by molar-refractivity contribution is 6.31. The van der Waals surface area contributed by atoms with Crippen molar-refractivity contribution in [3.05, 3.63) is 34.1 Å². The highest BCUT2D eigenvalue weighted by Gasteiger charge is 2.42. The fourth-order valence-corrected chi connectivity index (χ4v) is 4.36. The van der Waals surface area contributed by atoms with E-state index in [0.717, 1.165) is 25.7 Å². The summed E-state index contributed by atoms with van der Waals surface area (Å²) in [4.78, 5) is 2.23. The molecule has 1 aromatic carbocycles. The molecule has 0 aromatic heterocycles. The molecule has 1 aromatic rings. The van der Waals surface area contributed by atoms with E-state index < -0.39 is 0 Å². The summed E-state index contributed by atoms with van der Waals surface area (Å²) in [6.45, 7) is 2.33. The van der Waals surface area contributed by atoms with Crippen molar-refractivity contribution in [3.63, 3.8) is 0 Å². The molecular weight excluding hydrogens is 289 g/mol. The smallest absolute Gasteiger partial charge is 0.132 e. The van der Waals surface area contributed by atoms with Gasteiger partial charge in [0.1, 0.15) is 5.82 Å². The highest BCUT2D eigenvalue weighted by atomic mass is 35.5. The molecule has 2 aliphatic carbocycles. The summed E-state index contributed by atoms with van der Waals surface area (Å²) < 4.78 is 14.2. The van der Waals surface area contributed by atoms with E-state index in [2.05, 4.69) is 11.9 Å². The molecule has 2 saturated carbocycles. The van der Waals surface area contributed by atoms with Gasteiger partial charge in [0.2, 0.25) is 0 Å². The van der Waals surface area contributed by atoms with Crippen LogP contribution in [0.5, 0.6) is 0 Å². The van der Waals surface area contributed by atoms with Crippen LogP contribution in [0, 0.1) is 24.6 Å². The minimum absolute atomic E-state index is 0.102. The van der Waals surface area contributed by atoms with Gasteiger partial charge in [0.15, 0.2) is 0 Å². The minimum Gasteiger partial charge on any atom is -0.393 e. The van der Waals surface area contributed by atoms with Crippen molar-refractivity contribution in [1.29, 1.82) is 0 Å². The summed E-state index contributed by atoms with van der Waals surface area (Å²) in [5.74, 6) is 1.11. The number of aliphatic hydroxyl groups excluding tert-OH is 1. The summed E-state index contributed by atoms with van der Waals surface area (Å²) in [5, 5.41) is 10.2. The molecule has 0 saturated heterocycles. The Labute approximate surface area is 130 Å².